The van der Waals surface area contributed by atoms with Crippen LogP contribution in [0.25, 0.3) is 11.3 Å². The van der Waals surface area contributed by atoms with Crippen molar-refractivity contribution in [3.05, 3.63) is 65.0 Å². The molecule has 6 heteroatoms. The normalized spacial score (nSPS) is 11.4. The number of nitrogens with one attached hydrogen (secondary N) is 1. The molecule has 1 heterocycles. The summed E-state index contributed by atoms with van der Waals surface area (Å²) in [4.78, 5) is 4.63. The number of nitrogens with zero attached hydrogens (tertiary/aromatic N) is 1. The van der Waals surface area contributed by atoms with Crippen molar-refractivity contribution in [2.75, 3.05) is 4.72 Å². The molecule has 4 nitrogen and oxygen atoms in total. The van der Waals surface area contributed by atoms with Gasteiger partial charge in [-0.25, -0.2) is 13.4 Å². The molecule has 0 saturated heterocycles. The lowest BCUT2D eigenvalue weighted by atomic mass is 10.1. The molecule has 1 N–H and O–H groups in total. The van der Waals surface area contributed by atoms with Gasteiger partial charge in [0.1, 0.15) is 0 Å². The minimum atomic E-state index is -3.61. The van der Waals surface area contributed by atoms with E-state index in [0.717, 1.165) is 23.2 Å². The summed E-state index contributed by atoms with van der Waals surface area (Å²) in [5.41, 5.74) is 4.02. The molecular formula is C18H18N2O2S2. The van der Waals surface area contributed by atoms with E-state index in [-0.39, 0.29) is 4.90 Å². The number of thiazole rings is 1. The topological polar surface area (TPSA) is 59.1 Å². The molecule has 3 rings (SSSR count). The van der Waals surface area contributed by atoms with Crippen molar-refractivity contribution >= 4 is 26.5 Å². The highest BCUT2D eigenvalue weighted by Crippen LogP contribution is 2.27. The Hall–Kier alpha value is -2.18. The first-order valence-corrected chi connectivity index (χ1v) is 9.98. The van der Waals surface area contributed by atoms with Crippen LogP contribution < -0.4 is 4.72 Å². The second kappa shape index (κ2) is 6.75. The fourth-order valence-corrected chi connectivity index (χ4v) is 4.23. The van der Waals surface area contributed by atoms with E-state index in [1.54, 1.807) is 24.3 Å². The number of aromatic nitrogens is 1. The van der Waals surface area contributed by atoms with Gasteiger partial charge in [-0.15, -0.1) is 11.3 Å². The number of benzene rings is 2. The Morgan fingerprint density at radius 1 is 1.04 bits per heavy atom. The minimum Gasteiger partial charge on any atom is -0.255 e. The van der Waals surface area contributed by atoms with Crippen LogP contribution in [-0.4, -0.2) is 13.4 Å². The smallest absolute Gasteiger partial charge is 0.255 e. The summed E-state index contributed by atoms with van der Waals surface area (Å²) in [6.07, 6.45) is 0.985. The quantitative estimate of drug-likeness (QED) is 0.731. The van der Waals surface area contributed by atoms with Gasteiger partial charge >= 0.3 is 0 Å². The lowest BCUT2D eigenvalue weighted by molar-refractivity contribution is 0.601. The standard InChI is InChI=1S/C18H18N2O2S2/c1-3-14-6-8-15(9-7-14)17-12-23-18(19-17)20-24(21,22)16-10-4-13(2)5-11-16/h4-12H,3H2,1-2H3,(H,19,20). The van der Waals surface area contributed by atoms with Crippen LogP contribution in [0.1, 0.15) is 18.1 Å². The Bertz CT molecular complexity index is 928. The van der Waals surface area contributed by atoms with E-state index < -0.39 is 10.0 Å². The Kier molecular flexibility index (Phi) is 4.69. The highest BCUT2D eigenvalue weighted by Gasteiger charge is 2.16. The molecule has 0 aliphatic heterocycles. The maximum Gasteiger partial charge on any atom is 0.263 e. The predicted molar refractivity (Wildman–Crippen MR) is 98.9 cm³/mol. The van der Waals surface area contributed by atoms with Gasteiger partial charge in [-0.3, -0.25) is 4.72 Å². The van der Waals surface area contributed by atoms with Gasteiger partial charge in [0, 0.05) is 10.9 Å². The van der Waals surface area contributed by atoms with Crippen LogP contribution in [0.2, 0.25) is 0 Å². The van der Waals surface area contributed by atoms with Crippen molar-refractivity contribution in [3.8, 4) is 11.3 Å². The zero-order chi connectivity index (χ0) is 17.2. The van der Waals surface area contributed by atoms with Crippen molar-refractivity contribution in [2.24, 2.45) is 0 Å². The van der Waals surface area contributed by atoms with E-state index in [1.807, 2.05) is 24.4 Å². The van der Waals surface area contributed by atoms with Crippen LogP contribution in [0.5, 0.6) is 0 Å². The lowest BCUT2D eigenvalue weighted by Crippen LogP contribution is -2.12. The first-order chi connectivity index (χ1) is 11.5. The summed E-state index contributed by atoms with van der Waals surface area (Å²) in [5, 5.41) is 2.22. The highest BCUT2D eigenvalue weighted by molar-refractivity contribution is 7.93. The molecule has 0 aliphatic rings. The molecule has 0 fully saturated rings. The summed E-state index contributed by atoms with van der Waals surface area (Å²) >= 11 is 1.28. The zero-order valence-corrected chi connectivity index (χ0v) is 15.1. The average molecular weight is 358 g/mol. The van der Waals surface area contributed by atoms with Gasteiger partial charge < -0.3 is 0 Å². The fraction of sp³-hybridized carbons (Fsp3) is 0.167. The number of anilines is 1. The largest absolute Gasteiger partial charge is 0.263 e. The van der Waals surface area contributed by atoms with Crippen molar-refractivity contribution in [1.82, 2.24) is 4.98 Å². The third-order valence-corrected chi connectivity index (χ3v) is 5.96. The van der Waals surface area contributed by atoms with Crippen molar-refractivity contribution < 1.29 is 8.42 Å². The van der Waals surface area contributed by atoms with E-state index in [4.69, 9.17) is 0 Å². The van der Waals surface area contributed by atoms with Crippen LogP contribution in [0, 0.1) is 6.92 Å². The first kappa shape index (κ1) is 16.7. The molecule has 0 unspecified atom stereocenters. The molecule has 0 aliphatic carbocycles. The van der Waals surface area contributed by atoms with Crippen LogP contribution >= 0.6 is 11.3 Å². The van der Waals surface area contributed by atoms with Gasteiger partial charge in [-0.2, -0.15) is 0 Å². The summed E-state index contributed by atoms with van der Waals surface area (Å²) in [7, 11) is -3.61. The molecule has 0 saturated carbocycles. The van der Waals surface area contributed by atoms with Gasteiger partial charge in [0.2, 0.25) is 0 Å². The molecule has 0 radical (unpaired) electrons. The van der Waals surface area contributed by atoms with Gasteiger partial charge in [-0.05, 0) is 31.0 Å². The van der Waals surface area contributed by atoms with Crippen molar-refractivity contribution in [1.29, 1.82) is 0 Å². The van der Waals surface area contributed by atoms with Crippen molar-refractivity contribution in [3.63, 3.8) is 0 Å². The summed E-state index contributed by atoms with van der Waals surface area (Å²) < 4.78 is 27.3. The van der Waals surface area contributed by atoms with Crippen LogP contribution in [0.15, 0.2) is 58.8 Å². The fourth-order valence-electron chi connectivity index (χ4n) is 2.26. The molecule has 2 aromatic carbocycles. The second-order valence-corrected chi connectivity index (χ2v) is 8.05. The number of aryl methyl sites for hydroxylation is 2. The van der Waals surface area contributed by atoms with E-state index >= 15 is 0 Å². The molecule has 0 amide bonds. The molecule has 3 aromatic rings. The zero-order valence-electron chi connectivity index (χ0n) is 13.5. The van der Waals surface area contributed by atoms with E-state index in [0.29, 0.717) is 5.13 Å². The van der Waals surface area contributed by atoms with E-state index in [1.165, 1.54) is 16.9 Å². The van der Waals surface area contributed by atoms with Crippen molar-refractivity contribution in [2.45, 2.75) is 25.2 Å². The molecule has 24 heavy (non-hydrogen) atoms. The van der Waals surface area contributed by atoms with Crippen LogP contribution in [0.3, 0.4) is 0 Å². The van der Waals surface area contributed by atoms with Crippen LogP contribution in [-0.2, 0) is 16.4 Å². The van der Waals surface area contributed by atoms with E-state index in [2.05, 4.69) is 28.8 Å². The minimum absolute atomic E-state index is 0.233. The SMILES string of the molecule is CCc1ccc(-c2csc(NS(=O)(=O)c3ccc(C)cc3)n2)cc1. The molecule has 0 bridgehead atoms. The van der Waals surface area contributed by atoms with Crippen LogP contribution in [0.4, 0.5) is 5.13 Å². The predicted octanol–water partition coefficient (Wildman–Crippen LogP) is 4.48. The number of sulfonamides is 1. The number of hydrogen-bond acceptors (Lipinski definition) is 4. The summed E-state index contributed by atoms with van der Waals surface area (Å²) in [6, 6.07) is 14.9. The summed E-state index contributed by atoms with van der Waals surface area (Å²) in [5.74, 6) is 0. The Morgan fingerprint density at radius 2 is 1.71 bits per heavy atom. The third kappa shape index (κ3) is 3.66. The number of rotatable bonds is 5. The maximum atomic E-state index is 12.4. The summed E-state index contributed by atoms with van der Waals surface area (Å²) in [6.45, 7) is 4.02. The van der Waals surface area contributed by atoms with Gasteiger partial charge in [0.25, 0.3) is 10.0 Å². The van der Waals surface area contributed by atoms with Gasteiger partial charge in [0.05, 0.1) is 10.6 Å². The highest BCUT2D eigenvalue weighted by atomic mass is 32.2. The Morgan fingerprint density at radius 3 is 2.33 bits per heavy atom. The molecule has 1 aromatic heterocycles. The molecule has 0 atom stereocenters. The second-order valence-electron chi connectivity index (χ2n) is 5.51. The van der Waals surface area contributed by atoms with Gasteiger partial charge in [-0.1, -0.05) is 48.9 Å². The lowest BCUT2D eigenvalue weighted by Gasteiger charge is -2.05. The Balaban J connectivity index is 1.81. The number of hydrogen-bond donors (Lipinski definition) is 1. The Labute approximate surface area is 146 Å². The monoisotopic (exact) mass is 358 g/mol. The van der Waals surface area contributed by atoms with E-state index in [9.17, 15) is 8.42 Å². The third-order valence-electron chi connectivity index (χ3n) is 3.72. The first-order valence-electron chi connectivity index (χ1n) is 7.62. The molecular weight excluding hydrogens is 340 g/mol. The average Bonchev–Trinajstić information content (AvgIpc) is 3.03. The molecule has 0 spiro atoms. The van der Waals surface area contributed by atoms with Gasteiger partial charge in [0.15, 0.2) is 5.13 Å². The molecule has 124 valence electrons. The maximum absolute atomic E-state index is 12.4.